The fourth-order valence-corrected chi connectivity index (χ4v) is 5.59. The number of hydrogen-bond acceptors (Lipinski definition) is 8. The lowest BCUT2D eigenvalue weighted by Gasteiger charge is -2.26. The third-order valence-electron chi connectivity index (χ3n) is 5.78. The molecule has 3 aromatic rings. The fourth-order valence-electron chi connectivity index (χ4n) is 4.17. The van der Waals surface area contributed by atoms with Crippen LogP contribution in [0.5, 0.6) is 17.2 Å². The van der Waals surface area contributed by atoms with Crippen LogP contribution >= 0.6 is 27.3 Å². The van der Waals surface area contributed by atoms with E-state index in [1.54, 1.807) is 66.4 Å². The Morgan fingerprint density at radius 3 is 2.38 bits per heavy atom. The summed E-state index contributed by atoms with van der Waals surface area (Å²) in [4.78, 5) is 32.3. The molecule has 1 aliphatic rings. The van der Waals surface area contributed by atoms with Crippen LogP contribution in [-0.2, 0) is 9.53 Å². The van der Waals surface area contributed by atoms with E-state index in [1.165, 1.54) is 15.9 Å². The van der Waals surface area contributed by atoms with E-state index in [0.717, 1.165) is 10.0 Å². The summed E-state index contributed by atoms with van der Waals surface area (Å²) in [5, 5.41) is 0. The number of hydrogen-bond donors (Lipinski definition) is 0. The first-order valence-corrected chi connectivity index (χ1v) is 13.1. The number of thiazole rings is 1. The maximum Gasteiger partial charge on any atom is 0.338 e. The van der Waals surface area contributed by atoms with Crippen molar-refractivity contribution in [2.45, 2.75) is 32.9 Å². The minimum Gasteiger partial charge on any atom is -0.496 e. The van der Waals surface area contributed by atoms with E-state index < -0.39 is 12.0 Å². The number of fused-ring (bicyclic) bond motifs is 1. The van der Waals surface area contributed by atoms with Gasteiger partial charge in [-0.15, -0.1) is 0 Å². The van der Waals surface area contributed by atoms with E-state index in [0.29, 0.717) is 37.8 Å². The average molecular weight is 587 g/mol. The molecule has 10 heteroatoms. The normalized spacial score (nSPS) is 15.4. The molecule has 1 aliphatic heterocycles. The average Bonchev–Trinajstić information content (AvgIpc) is 3.16. The van der Waals surface area contributed by atoms with Crippen LogP contribution < -0.4 is 29.1 Å². The first-order valence-electron chi connectivity index (χ1n) is 11.5. The molecule has 2 heterocycles. The van der Waals surface area contributed by atoms with Crippen LogP contribution in [0.3, 0.4) is 0 Å². The number of ether oxygens (including phenoxy) is 4. The second-order valence-corrected chi connectivity index (χ2v) is 10.5. The smallest absolute Gasteiger partial charge is 0.338 e. The van der Waals surface area contributed by atoms with Crippen molar-refractivity contribution in [2.24, 2.45) is 4.99 Å². The van der Waals surface area contributed by atoms with Crippen molar-refractivity contribution in [3.8, 4) is 17.2 Å². The summed E-state index contributed by atoms with van der Waals surface area (Å²) in [7, 11) is 4.67. The Kier molecular flexibility index (Phi) is 7.89. The number of rotatable bonds is 7. The summed E-state index contributed by atoms with van der Waals surface area (Å²) in [5.41, 5.74) is 1.88. The van der Waals surface area contributed by atoms with Crippen LogP contribution in [0.4, 0.5) is 0 Å². The fraction of sp³-hybridized carbons (Fsp3) is 0.296. The summed E-state index contributed by atoms with van der Waals surface area (Å²) >= 11 is 4.76. The molecule has 2 aromatic carbocycles. The number of nitrogens with zero attached hydrogens (tertiary/aromatic N) is 2. The number of carbonyl (C=O) groups excluding carboxylic acids is 1. The molecular formula is C27H27BrN2O6S. The summed E-state index contributed by atoms with van der Waals surface area (Å²) in [6.07, 6.45) is 1.43. The molecule has 0 aliphatic carbocycles. The van der Waals surface area contributed by atoms with Crippen LogP contribution in [0.25, 0.3) is 6.08 Å². The second kappa shape index (κ2) is 10.9. The third-order valence-corrected chi connectivity index (χ3v) is 7.25. The molecule has 0 saturated carbocycles. The molecular weight excluding hydrogens is 560 g/mol. The van der Waals surface area contributed by atoms with E-state index in [1.807, 2.05) is 18.2 Å². The van der Waals surface area contributed by atoms with Crippen molar-refractivity contribution in [1.82, 2.24) is 4.57 Å². The number of esters is 1. The number of carbonyl (C=O) groups is 1. The zero-order valence-electron chi connectivity index (χ0n) is 21.3. The van der Waals surface area contributed by atoms with Gasteiger partial charge >= 0.3 is 5.97 Å². The van der Waals surface area contributed by atoms with Gasteiger partial charge in [0.2, 0.25) is 0 Å². The molecule has 0 N–H and O–H groups in total. The molecule has 0 unspecified atom stereocenters. The van der Waals surface area contributed by atoms with Crippen molar-refractivity contribution < 1.29 is 23.7 Å². The third kappa shape index (κ3) is 5.21. The molecule has 0 saturated heterocycles. The molecule has 1 atom stereocenters. The van der Waals surface area contributed by atoms with E-state index in [4.69, 9.17) is 18.9 Å². The molecule has 37 heavy (non-hydrogen) atoms. The lowest BCUT2D eigenvalue weighted by Crippen LogP contribution is -2.40. The van der Waals surface area contributed by atoms with Gasteiger partial charge in [0.25, 0.3) is 5.56 Å². The van der Waals surface area contributed by atoms with Gasteiger partial charge in [0.05, 0.1) is 43.2 Å². The number of allylic oxidation sites excluding steroid dienone is 1. The second-order valence-electron chi connectivity index (χ2n) is 8.54. The number of aromatic nitrogens is 1. The highest BCUT2D eigenvalue weighted by Crippen LogP contribution is 2.37. The Labute approximate surface area is 226 Å². The number of benzene rings is 2. The highest BCUT2D eigenvalue weighted by Gasteiger charge is 2.35. The predicted octanol–water partition coefficient (Wildman–Crippen LogP) is 3.98. The molecule has 1 aromatic heterocycles. The monoisotopic (exact) mass is 586 g/mol. The summed E-state index contributed by atoms with van der Waals surface area (Å²) in [6, 6.07) is 10.1. The Morgan fingerprint density at radius 1 is 1.05 bits per heavy atom. The minimum atomic E-state index is -0.789. The summed E-state index contributed by atoms with van der Waals surface area (Å²) in [5.74, 6) is 1.15. The number of halogens is 1. The van der Waals surface area contributed by atoms with Crippen LogP contribution in [0.2, 0.25) is 0 Å². The Balaban J connectivity index is 1.98. The van der Waals surface area contributed by atoms with E-state index in [2.05, 4.69) is 20.9 Å². The maximum atomic E-state index is 13.9. The van der Waals surface area contributed by atoms with Crippen LogP contribution in [-0.4, -0.2) is 38.0 Å². The van der Waals surface area contributed by atoms with Gasteiger partial charge in [-0.25, -0.2) is 9.79 Å². The topological polar surface area (TPSA) is 88.4 Å². The lowest BCUT2D eigenvalue weighted by molar-refractivity contribution is -0.143. The first kappa shape index (κ1) is 26.7. The molecule has 4 rings (SSSR count). The van der Waals surface area contributed by atoms with Gasteiger partial charge < -0.3 is 18.9 Å². The van der Waals surface area contributed by atoms with Gasteiger partial charge in [-0.2, -0.15) is 0 Å². The van der Waals surface area contributed by atoms with Crippen molar-refractivity contribution >= 4 is 39.3 Å². The van der Waals surface area contributed by atoms with Gasteiger partial charge in [-0.05, 0) is 62.7 Å². The van der Waals surface area contributed by atoms with Crippen molar-refractivity contribution in [3.63, 3.8) is 0 Å². The van der Waals surface area contributed by atoms with Crippen LogP contribution in [0.1, 0.15) is 37.9 Å². The molecule has 0 bridgehead atoms. The van der Waals surface area contributed by atoms with Crippen molar-refractivity contribution in [1.29, 1.82) is 0 Å². The van der Waals surface area contributed by atoms with Gasteiger partial charge in [0, 0.05) is 10.0 Å². The minimum absolute atomic E-state index is 0.284. The maximum absolute atomic E-state index is 13.9. The largest absolute Gasteiger partial charge is 0.496 e. The molecule has 0 radical (unpaired) electrons. The lowest BCUT2D eigenvalue weighted by atomic mass is 9.95. The first-order chi connectivity index (χ1) is 17.7. The Bertz CT molecular complexity index is 1570. The SMILES string of the molecule is COc1ccc(/C=c2\sc3n(c2=O)[C@H](c2cc(Br)ccc2OC)C(C(=O)OC(C)C)=C(C)N=3)cc1OC. The molecule has 8 nitrogen and oxygen atoms in total. The molecule has 0 fully saturated rings. The van der Waals surface area contributed by atoms with Crippen molar-refractivity contribution in [3.05, 3.63) is 83.0 Å². The predicted molar refractivity (Wildman–Crippen MR) is 145 cm³/mol. The summed E-state index contributed by atoms with van der Waals surface area (Å²) in [6.45, 7) is 5.31. The van der Waals surface area contributed by atoms with Crippen LogP contribution in [0, 0.1) is 0 Å². The zero-order valence-corrected chi connectivity index (χ0v) is 23.7. The van der Waals surface area contributed by atoms with E-state index in [-0.39, 0.29) is 17.2 Å². The molecule has 0 amide bonds. The van der Waals surface area contributed by atoms with E-state index in [9.17, 15) is 9.59 Å². The Hall–Kier alpha value is -3.37. The zero-order chi connectivity index (χ0) is 26.9. The quantitative estimate of drug-likeness (QED) is 0.389. The van der Waals surface area contributed by atoms with Gasteiger partial charge in [0.15, 0.2) is 16.3 Å². The highest BCUT2D eigenvalue weighted by molar-refractivity contribution is 9.10. The molecule has 194 valence electrons. The standard InChI is InChI=1S/C27H27BrN2O6S/c1-14(2)36-26(32)23-15(3)29-27-30(24(23)18-13-17(28)8-10-19(18)33-4)25(31)22(37-27)12-16-7-9-20(34-5)21(11-16)35-6/h7-14,24H,1-6H3/b22-12-/t24-/m1/s1. The van der Waals surface area contributed by atoms with Gasteiger partial charge in [-0.1, -0.05) is 33.3 Å². The molecule has 0 spiro atoms. The summed E-state index contributed by atoms with van der Waals surface area (Å²) < 4.78 is 24.7. The highest BCUT2D eigenvalue weighted by atomic mass is 79.9. The van der Waals surface area contributed by atoms with Crippen molar-refractivity contribution in [2.75, 3.05) is 21.3 Å². The van der Waals surface area contributed by atoms with Crippen LogP contribution in [0.15, 0.2) is 61.9 Å². The van der Waals surface area contributed by atoms with Gasteiger partial charge in [0.1, 0.15) is 11.8 Å². The van der Waals surface area contributed by atoms with Gasteiger partial charge in [-0.3, -0.25) is 9.36 Å². The Morgan fingerprint density at radius 2 is 1.73 bits per heavy atom. The van der Waals surface area contributed by atoms with E-state index >= 15 is 0 Å². The number of methoxy groups -OCH3 is 3.